The van der Waals surface area contributed by atoms with Crippen molar-refractivity contribution < 1.29 is 14.3 Å². The summed E-state index contributed by atoms with van der Waals surface area (Å²) in [5.74, 6) is 0. The van der Waals surface area contributed by atoms with Gasteiger partial charge in [0.25, 0.3) is 0 Å². The number of nitrogens with zero attached hydrogens (tertiary/aromatic N) is 1. The maximum Gasteiger partial charge on any atom is 0.567 e. The van der Waals surface area contributed by atoms with Crippen molar-refractivity contribution in [2.75, 3.05) is 0 Å². The number of aliphatic imine (C=N–C) groups is 1. The van der Waals surface area contributed by atoms with E-state index in [1.165, 1.54) is 13.0 Å². The average Bonchev–Trinajstić information content (AvgIpc) is 1.82. The zero-order valence-corrected chi connectivity index (χ0v) is 5.63. The van der Waals surface area contributed by atoms with Crippen LogP contribution in [0.1, 0.15) is 6.92 Å². The lowest BCUT2D eigenvalue weighted by molar-refractivity contribution is 0.508. The van der Waals surface area contributed by atoms with Crippen molar-refractivity contribution in [3.05, 3.63) is 11.5 Å². The van der Waals surface area contributed by atoms with E-state index in [-0.39, 0.29) is 5.44 Å². The normalized spacial score (nSPS) is 12.2. The van der Waals surface area contributed by atoms with Crippen molar-refractivity contribution in [3.63, 3.8) is 0 Å². The highest BCUT2D eigenvalue weighted by molar-refractivity contribution is 7.43. The first kappa shape index (κ1) is 8.18. The zero-order chi connectivity index (χ0) is 7.28. The summed E-state index contributed by atoms with van der Waals surface area (Å²) in [6.07, 6.45) is 2.44. The number of carbonyl (C=O) groups excluding carboxylic acids is 1. The fourth-order valence-corrected chi connectivity index (χ4v) is 0.612. The van der Waals surface area contributed by atoms with Crippen molar-refractivity contribution in [1.29, 1.82) is 0 Å². The van der Waals surface area contributed by atoms with Gasteiger partial charge in [0.2, 0.25) is 6.08 Å². The van der Waals surface area contributed by atoms with E-state index in [0.717, 1.165) is 6.08 Å². The molecular formula is C4H5NO3P+. The van der Waals surface area contributed by atoms with Gasteiger partial charge in [0.1, 0.15) is 0 Å². The van der Waals surface area contributed by atoms with Gasteiger partial charge in [-0.2, -0.15) is 4.89 Å². The number of allylic oxidation sites excluding steroid dienone is 1. The van der Waals surface area contributed by atoms with E-state index in [0.29, 0.717) is 0 Å². The number of isocyanates is 1. The van der Waals surface area contributed by atoms with Crippen molar-refractivity contribution >= 4 is 14.1 Å². The summed E-state index contributed by atoms with van der Waals surface area (Å²) in [7, 11) is -2.49. The van der Waals surface area contributed by atoms with Crippen LogP contribution in [0.15, 0.2) is 16.5 Å². The van der Waals surface area contributed by atoms with Crippen LogP contribution in [0.3, 0.4) is 0 Å². The molecule has 9 heavy (non-hydrogen) atoms. The third-order valence-electron chi connectivity index (χ3n) is 0.614. The van der Waals surface area contributed by atoms with E-state index < -0.39 is 8.03 Å². The first-order valence-corrected chi connectivity index (χ1v) is 3.34. The number of rotatable bonds is 2. The highest BCUT2D eigenvalue weighted by Gasteiger charge is 2.17. The Morgan fingerprint density at radius 1 is 1.89 bits per heavy atom. The van der Waals surface area contributed by atoms with E-state index in [2.05, 4.69) is 4.99 Å². The molecule has 0 aromatic carbocycles. The molecule has 0 heterocycles. The second-order valence-corrected chi connectivity index (χ2v) is 2.13. The van der Waals surface area contributed by atoms with E-state index in [1.54, 1.807) is 0 Å². The molecule has 0 fully saturated rings. The minimum absolute atomic E-state index is 0.139. The van der Waals surface area contributed by atoms with Crippen LogP contribution in [-0.4, -0.2) is 11.0 Å². The molecule has 48 valence electrons. The first-order valence-electron chi connectivity index (χ1n) is 2.12. The molecule has 5 heteroatoms. The van der Waals surface area contributed by atoms with E-state index >= 15 is 0 Å². The van der Waals surface area contributed by atoms with E-state index in [4.69, 9.17) is 4.89 Å². The molecule has 0 rings (SSSR count). The molecule has 0 amide bonds. The van der Waals surface area contributed by atoms with Gasteiger partial charge in [0, 0.05) is 0 Å². The van der Waals surface area contributed by atoms with Crippen LogP contribution in [0.4, 0.5) is 0 Å². The molecule has 1 N–H and O–H groups in total. The lowest BCUT2D eigenvalue weighted by Crippen LogP contribution is -1.66. The molecule has 1 atom stereocenters. The Bertz CT molecular complexity index is 188. The molecule has 4 nitrogen and oxygen atoms in total. The van der Waals surface area contributed by atoms with Gasteiger partial charge < -0.3 is 0 Å². The fourth-order valence-electron chi connectivity index (χ4n) is 0.265. The minimum atomic E-state index is -2.49. The van der Waals surface area contributed by atoms with E-state index in [1.807, 2.05) is 0 Å². The highest BCUT2D eigenvalue weighted by Crippen LogP contribution is 2.26. The maximum absolute atomic E-state index is 10.1. The molecule has 0 aliphatic rings. The van der Waals surface area contributed by atoms with Crippen LogP contribution >= 0.6 is 8.03 Å². The summed E-state index contributed by atoms with van der Waals surface area (Å²) in [6, 6.07) is 0. The summed E-state index contributed by atoms with van der Waals surface area (Å²) in [4.78, 5) is 20.8. The molecule has 0 aromatic rings. The highest BCUT2D eigenvalue weighted by atomic mass is 31.1. The molecule has 0 saturated heterocycles. The minimum Gasteiger partial charge on any atom is -0.211 e. The van der Waals surface area contributed by atoms with Crippen molar-refractivity contribution in [2.45, 2.75) is 6.92 Å². The summed E-state index contributed by atoms with van der Waals surface area (Å²) in [5.41, 5.74) is -0.139. The van der Waals surface area contributed by atoms with Crippen LogP contribution in [0.5, 0.6) is 0 Å². The molecule has 0 aliphatic carbocycles. The van der Waals surface area contributed by atoms with E-state index in [9.17, 15) is 9.36 Å². The van der Waals surface area contributed by atoms with Crippen LogP contribution in [-0.2, 0) is 9.36 Å². The zero-order valence-electron chi connectivity index (χ0n) is 4.74. The van der Waals surface area contributed by atoms with Crippen molar-refractivity contribution in [2.24, 2.45) is 4.99 Å². The average molecular weight is 146 g/mol. The lowest BCUT2D eigenvalue weighted by Gasteiger charge is -1.69. The fraction of sp³-hybridized carbons (Fsp3) is 0.250. The Morgan fingerprint density at radius 2 is 2.44 bits per heavy atom. The summed E-state index contributed by atoms with van der Waals surface area (Å²) in [5, 5.41) is 0. The Hall–Kier alpha value is -0.820. The van der Waals surface area contributed by atoms with Crippen molar-refractivity contribution in [1.82, 2.24) is 0 Å². The Balaban J connectivity index is 4.37. The molecule has 0 aliphatic heterocycles. The Morgan fingerprint density at radius 3 is 2.56 bits per heavy atom. The Labute approximate surface area is 52.8 Å². The molecule has 0 saturated carbocycles. The lowest BCUT2D eigenvalue weighted by atomic mass is 10.7. The van der Waals surface area contributed by atoms with Gasteiger partial charge in [-0.05, 0) is 17.6 Å². The topological polar surface area (TPSA) is 66.7 Å². The quantitative estimate of drug-likeness (QED) is 0.357. The molecule has 0 bridgehead atoms. The monoisotopic (exact) mass is 146 g/mol. The predicted molar refractivity (Wildman–Crippen MR) is 31.7 cm³/mol. The third-order valence-corrected chi connectivity index (χ3v) is 1.36. The van der Waals surface area contributed by atoms with Gasteiger partial charge in [-0.1, -0.05) is 0 Å². The molecule has 0 spiro atoms. The summed E-state index contributed by atoms with van der Waals surface area (Å²) < 4.78 is 10.1. The first-order chi connectivity index (χ1) is 4.22. The van der Waals surface area contributed by atoms with Crippen LogP contribution in [0.25, 0.3) is 0 Å². The predicted octanol–water partition coefficient (Wildman–Crippen LogP) is 0.918. The summed E-state index contributed by atoms with van der Waals surface area (Å²) in [6.45, 7) is 1.51. The largest absolute Gasteiger partial charge is 0.567 e. The molecule has 1 unspecified atom stereocenters. The van der Waals surface area contributed by atoms with Crippen LogP contribution in [0.2, 0.25) is 0 Å². The van der Waals surface area contributed by atoms with Gasteiger partial charge in [-0.25, -0.2) is 4.79 Å². The molecule has 0 radical (unpaired) electrons. The molecule has 0 aromatic heterocycles. The Kier molecular flexibility index (Phi) is 3.72. The third kappa shape index (κ3) is 2.88. The maximum atomic E-state index is 10.1. The SMILES string of the molecule is CC=C(N=C=O)[P+](=O)O. The van der Waals surface area contributed by atoms with Crippen molar-refractivity contribution in [3.8, 4) is 0 Å². The molecular weight excluding hydrogens is 141 g/mol. The van der Waals surface area contributed by atoms with Gasteiger partial charge in [-0.15, -0.1) is 4.99 Å². The smallest absolute Gasteiger partial charge is 0.211 e. The number of hydrogen-bond acceptors (Lipinski definition) is 3. The van der Waals surface area contributed by atoms with Crippen LogP contribution in [0, 0.1) is 0 Å². The van der Waals surface area contributed by atoms with Gasteiger partial charge >= 0.3 is 13.5 Å². The van der Waals surface area contributed by atoms with Crippen LogP contribution < -0.4 is 0 Å². The van der Waals surface area contributed by atoms with Gasteiger partial charge in [0.05, 0.1) is 0 Å². The van der Waals surface area contributed by atoms with Gasteiger partial charge in [0.15, 0.2) is 0 Å². The standard InChI is InChI=1S/C4H4NO3P/c1-2-4(5-3-6)9(7)8/h2H,1H3/p+1. The number of hydrogen-bond donors (Lipinski definition) is 1. The summed E-state index contributed by atoms with van der Waals surface area (Å²) >= 11 is 0. The van der Waals surface area contributed by atoms with Gasteiger partial charge in [-0.3, -0.25) is 0 Å². The second kappa shape index (κ2) is 4.10. The second-order valence-electron chi connectivity index (χ2n) is 1.12.